The maximum atomic E-state index is 12.7. The summed E-state index contributed by atoms with van der Waals surface area (Å²) in [5.74, 6) is 0.905. The number of nitrogens with one attached hydrogen (secondary N) is 1. The van der Waals surface area contributed by atoms with Crippen LogP contribution in [0.25, 0.3) is 0 Å². The number of nitrogens with zero attached hydrogens (tertiary/aromatic N) is 5. The van der Waals surface area contributed by atoms with E-state index in [4.69, 9.17) is 9.73 Å². The van der Waals surface area contributed by atoms with Crippen molar-refractivity contribution in [2.45, 2.75) is 24.5 Å². The fraction of sp³-hybridized carbons (Fsp3) is 0.722. The zero-order chi connectivity index (χ0) is 19.3. The molecule has 158 valence electrons. The predicted molar refractivity (Wildman–Crippen MR) is 125 cm³/mol. The van der Waals surface area contributed by atoms with E-state index in [-0.39, 0.29) is 34.6 Å². The van der Waals surface area contributed by atoms with Crippen molar-refractivity contribution in [1.29, 1.82) is 0 Å². The summed E-state index contributed by atoms with van der Waals surface area (Å²) >= 11 is 1.88. The second kappa shape index (κ2) is 10.7. The van der Waals surface area contributed by atoms with Crippen LogP contribution in [-0.2, 0) is 16.6 Å². The Hall–Kier alpha value is -1.01. The molecule has 0 aliphatic carbocycles. The van der Waals surface area contributed by atoms with E-state index in [0.717, 1.165) is 57.3 Å². The van der Waals surface area contributed by atoms with Crippen LogP contribution < -0.4 is 10.2 Å². The van der Waals surface area contributed by atoms with Gasteiger partial charge in [-0.15, -0.1) is 24.0 Å². The van der Waals surface area contributed by atoms with E-state index in [1.165, 1.54) is 0 Å². The zero-order valence-corrected chi connectivity index (χ0v) is 20.0. The summed E-state index contributed by atoms with van der Waals surface area (Å²) in [5, 5.41) is 7.53. The molecule has 2 saturated heterocycles. The zero-order valence-electron chi connectivity index (χ0n) is 16.9. The normalized spacial score (nSPS) is 20.1. The predicted octanol–water partition coefficient (Wildman–Crippen LogP) is 1.56. The average Bonchev–Trinajstić information content (AvgIpc) is 3.12. The molecule has 1 amide bonds. The van der Waals surface area contributed by atoms with Gasteiger partial charge in [0.1, 0.15) is 6.54 Å². The van der Waals surface area contributed by atoms with Crippen molar-refractivity contribution < 1.29 is 9.53 Å². The quantitative estimate of drug-likeness (QED) is 0.360. The molecule has 0 unspecified atom stereocenters. The average molecular weight is 522 g/mol. The minimum atomic E-state index is 0. The van der Waals surface area contributed by atoms with Crippen molar-refractivity contribution in [3.05, 3.63) is 12.4 Å². The number of aromatic nitrogens is 2. The second-order valence-corrected chi connectivity index (χ2v) is 8.28. The van der Waals surface area contributed by atoms with Crippen molar-refractivity contribution in [2.75, 3.05) is 57.1 Å². The fourth-order valence-electron chi connectivity index (χ4n) is 3.49. The largest absolute Gasteiger partial charge is 0.381 e. The highest BCUT2D eigenvalue weighted by Crippen LogP contribution is 2.34. The summed E-state index contributed by atoms with van der Waals surface area (Å²) in [6.07, 6.45) is 7.81. The molecule has 3 rings (SSSR count). The molecule has 0 spiro atoms. The van der Waals surface area contributed by atoms with Gasteiger partial charge in [0.25, 0.3) is 0 Å². The lowest BCUT2D eigenvalue weighted by Gasteiger charge is -2.37. The van der Waals surface area contributed by atoms with Crippen LogP contribution in [0.3, 0.4) is 0 Å². The number of ether oxygens (including phenoxy) is 1. The Morgan fingerprint density at radius 2 is 2.14 bits per heavy atom. The molecule has 8 nitrogen and oxygen atoms in total. The minimum absolute atomic E-state index is 0. The molecule has 28 heavy (non-hydrogen) atoms. The molecule has 1 aromatic rings. The third kappa shape index (κ3) is 5.53. The van der Waals surface area contributed by atoms with E-state index in [2.05, 4.69) is 28.5 Å². The van der Waals surface area contributed by atoms with E-state index in [0.29, 0.717) is 13.1 Å². The number of carbonyl (C=O) groups excluding carboxylic acids is 1. The lowest BCUT2D eigenvalue weighted by atomic mass is 9.99. The van der Waals surface area contributed by atoms with E-state index in [1.54, 1.807) is 15.8 Å². The molecule has 3 heterocycles. The topological polar surface area (TPSA) is 75.0 Å². The van der Waals surface area contributed by atoms with Crippen LogP contribution in [0.5, 0.6) is 0 Å². The molecule has 1 N–H and O–H groups in total. The number of aryl methyl sites for hydroxylation is 1. The molecule has 2 aliphatic heterocycles. The fourth-order valence-corrected chi connectivity index (χ4v) is 4.26. The lowest BCUT2D eigenvalue weighted by molar-refractivity contribution is -0.120. The van der Waals surface area contributed by atoms with Crippen LogP contribution in [0.2, 0.25) is 0 Å². The standard InChI is InChI=1S/C18H30N6O2S.HI/c1-4-19-17(20-14-18(27-3)5-9-26-10-6-18)23-7-8-24(16(25)13-23)15-11-21-22(2)12-15;/h11-12H,4-10,13-14H2,1-3H3,(H,19,20);1H. The number of guanidine groups is 1. The van der Waals surface area contributed by atoms with Gasteiger partial charge in [-0.05, 0) is 26.0 Å². The van der Waals surface area contributed by atoms with Crippen molar-refractivity contribution in [2.24, 2.45) is 12.0 Å². The highest BCUT2D eigenvalue weighted by molar-refractivity contribution is 14.0. The van der Waals surface area contributed by atoms with Crippen LogP contribution in [0, 0.1) is 0 Å². The summed E-state index contributed by atoms with van der Waals surface area (Å²) in [7, 11) is 1.86. The molecule has 1 aromatic heterocycles. The Labute approximate surface area is 188 Å². The maximum Gasteiger partial charge on any atom is 0.246 e. The van der Waals surface area contributed by atoms with Crippen LogP contribution >= 0.6 is 35.7 Å². The highest BCUT2D eigenvalue weighted by Gasteiger charge is 2.33. The van der Waals surface area contributed by atoms with Crippen LogP contribution in [-0.4, -0.2) is 83.5 Å². The smallest absolute Gasteiger partial charge is 0.246 e. The number of aliphatic imine (C=N–C) groups is 1. The van der Waals surface area contributed by atoms with E-state index < -0.39 is 0 Å². The van der Waals surface area contributed by atoms with Crippen LogP contribution in [0.15, 0.2) is 17.4 Å². The number of amides is 1. The third-order valence-corrected chi connectivity index (χ3v) is 6.62. The SMILES string of the molecule is CCNC(=NCC1(SC)CCOCC1)N1CCN(c2cnn(C)c2)C(=O)C1.I. The van der Waals surface area contributed by atoms with Crippen molar-refractivity contribution in [1.82, 2.24) is 20.0 Å². The van der Waals surface area contributed by atoms with Crippen LogP contribution in [0.1, 0.15) is 19.8 Å². The summed E-state index contributed by atoms with van der Waals surface area (Å²) in [6.45, 7) is 6.91. The maximum absolute atomic E-state index is 12.7. The number of halogens is 1. The number of piperazine rings is 1. The van der Waals surface area contributed by atoms with Gasteiger partial charge >= 0.3 is 0 Å². The molecule has 0 saturated carbocycles. The molecule has 0 radical (unpaired) electrons. The molecule has 0 aromatic carbocycles. The van der Waals surface area contributed by atoms with E-state index >= 15 is 0 Å². The first kappa shape index (κ1) is 23.3. The van der Waals surface area contributed by atoms with Gasteiger partial charge in [-0.25, -0.2) is 0 Å². The number of hydrogen-bond donors (Lipinski definition) is 1. The Balaban J connectivity index is 0.00000280. The molecule has 0 atom stereocenters. The number of carbonyl (C=O) groups is 1. The first-order valence-corrected chi connectivity index (χ1v) is 10.7. The van der Waals surface area contributed by atoms with Gasteiger partial charge in [-0.3, -0.25) is 14.5 Å². The molecular weight excluding hydrogens is 491 g/mol. The molecule has 2 fully saturated rings. The summed E-state index contributed by atoms with van der Waals surface area (Å²) in [6, 6.07) is 0. The van der Waals surface area contributed by atoms with Gasteiger partial charge in [0.15, 0.2) is 5.96 Å². The second-order valence-electron chi connectivity index (χ2n) is 7.01. The van der Waals surface area contributed by atoms with E-state index in [1.807, 2.05) is 25.0 Å². The molecule has 0 bridgehead atoms. The number of thioether (sulfide) groups is 1. The van der Waals surface area contributed by atoms with Crippen molar-refractivity contribution in [3.63, 3.8) is 0 Å². The Bertz CT molecular complexity index is 677. The Morgan fingerprint density at radius 1 is 1.39 bits per heavy atom. The summed E-state index contributed by atoms with van der Waals surface area (Å²) in [5.41, 5.74) is 0.854. The Morgan fingerprint density at radius 3 is 2.71 bits per heavy atom. The number of anilines is 1. The third-order valence-electron chi connectivity index (χ3n) is 5.21. The number of hydrogen-bond acceptors (Lipinski definition) is 5. The van der Waals surface area contributed by atoms with Gasteiger partial charge in [0.2, 0.25) is 5.91 Å². The van der Waals surface area contributed by atoms with Gasteiger partial charge < -0.3 is 19.9 Å². The van der Waals surface area contributed by atoms with Gasteiger partial charge in [0, 0.05) is 50.8 Å². The number of rotatable bonds is 5. The summed E-state index contributed by atoms with van der Waals surface area (Å²) in [4.78, 5) is 21.5. The molecule has 2 aliphatic rings. The van der Waals surface area contributed by atoms with E-state index in [9.17, 15) is 4.79 Å². The van der Waals surface area contributed by atoms with Crippen molar-refractivity contribution >= 4 is 53.3 Å². The first-order chi connectivity index (χ1) is 13.1. The van der Waals surface area contributed by atoms with Gasteiger partial charge in [0.05, 0.1) is 18.4 Å². The summed E-state index contributed by atoms with van der Waals surface area (Å²) < 4.78 is 7.38. The molecular formula is C18H31IN6O2S. The first-order valence-electron chi connectivity index (χ1n) is 9.52. The highest BCUT2D eigenvalue weighted by atomic mass is 127. The van der Waals surface area contributed by atoms with Crippen LogP contribution in [0.4, 0.5) is 5.69 Å². The monoisotopic (exact) mass is 522 g/mol. The van der Waals surface area contributed by atoms with Crippen molar-refractivity contribution in [3.8, 4) is 0 Å². The lowest BCUT2D eigenvalue weighted by Crippen LogP contribution is -2.55. The Kier molecular flexibility index (Phi) is 8.87. The molecule has 10 heteroatoms. The van der Waals surface area contributed by atoms with Gasteiger partial charge in [-0.2, -0.15) is 16.9 Å². The van der Waals surface area contributed by atoms with Gasteiger partial charge in [-0.1, -0.05) is 0 Å². The minimum Gasteiger partial charge on any atom is -0.381 e.